The van der Waals surface area contributed by atoms with Crippen molar-refractivity contribution in [2.45, 2.75) is 6.42 Å². The van der Waals surface area contributed by atoms with Crippen molar-refractivity contribution in [3.8, 4) is 0 Å². The summed E-state index contributed by atoms with van der Waals surface area (Å²) in [5.41, 5.74) is 1.60. The summed E-state index contributed by atoms with van der Waals surface area (Å²) in [4.78, 5) is 23.6. The van der Waals surface area contributed by atoms with Crippen molar-refractivity contribution in [1.29, 1.82) is 0 Å². The van der Waals surface area contributed by atoms with Crippen molar-refractivity contribution >= 4 is 39.3 Å². The second kappa shape index (κ2) is 8.70. The lowest BCUT2D eigenvalue weighted by atomic mass is 10.1. The molecule has 2 aromatic rings. The van der Waals surface area contributed by atoms with Gasteiger partial charge >= 0.3 is 0 Å². The molecule has 0 atom stereocenters. The van der Waals surface area contributed by atoms with Crippen LogP contribution in [0.1, 0.15) is 15.9 Å². The fourth-order valence-corrected chi connectivity index (χ4v) is 2.48. The number of hydrogen-bond acceptors (Lipinski definition) is 2. The molecule has 0 saturated heterocycles. The van der Waals surface area contributed by atoms with Crippen LogP contribution in [0.3, 0.4) is 0 Å². The highest BCUT2D eigenvalue weighted by Crippen LogP contribution is 2.11. The molecule has 0 radical (unpaired) electrons. The lowest BCUT2D eigenvalue weighted by molar-refractivity contribution is -0.120. The van der Waals surface area contributed by atoms with Gasteiger partial charge in [0.05, 0.1) is 6.54 Å². The standard InChI is InChI=1S/C17H16BrClN2O2/c18-14-3-1-2-13(10-14)17(23)21-11-16(22)20-9-8-12-4-6-15(19)7-5-12/h1-7,10H,8-9,11H2,(H,20,22)(H,21,23). The van der Waals surface area contributed by atoms with Gasteiger partial charge in [0.25, 0.3) is 5.91 Å². The van der Waals surface area contributed by atoms with Crippen LogP contribution in [0.25, 0.3) is 0 Å². The highest BCUT2D eigenvalue weighted by Gasteiger charge is 2.08. The second-order valence-corrected chi connectivity index (χ2v) is 6.27. The summed E-state index contributed by atoms with van der Waals surface area (Å²) in [6.45, 7) is 0.458. The number of halogens is 2. The highest BCUT2D eigenvalue weighted by atomic mass is 79.9. The third kappa shape index (κ3) is 6.04. The molecule has 0 aliphatic carbocycles. The van der Waals surface area contributed by atoms with Gasteiger partial charge in [-0.25, -0.2) is 0 Å². The molecule has 0 saturated carbocycles. The van der Waals surface area contributed by atoms with E-state index in [0.717, 1.165) is 10.0 Å². The van der Waals surface area contributed by atoms with Gasteiger partial charge in [0.1, 0.15) is 0 Å². The van der Waals surface area contributed by atoms with Crippen molar-refractivity contribution in [3.63, 3.8) is 0 Å². The number of rotatable bonds is 6. The summed E-state index contributed by atoms with van der Waals surface area (Å²) in [5, 5.41) is 6.05. The monoisotopic (exact) mass is 394 g/mol. The number of amides is 2. The molecule has 2 aromatic carbocycles. The van der Waals surface area contributed by atoms with E-state index in [1.165, 1.54) is 0 Å². The molecule has 2 rings (SSSR count). The highest BCUT2D eigenvalue weighted by molar-refractivity contribution is 9.10. The van der Waals surface area contributed by atoms with Crippen LogP contribution < -0.4 is 10.6 Å². The predicted octanol–water partition coefficient (Wildman–Crippen LogP) is 3.19. The maximum Gasteiger partial charge on any atom is 0.251 e. The molecule has 2 N–H and O–H groups in total. The van der Waals surface area contributed by atoms with E-state index in [4.69, 9.17) is 11.6 Å². The van der Waals surface area contributed by atoms with Gasteiger partial charge in [-0.3, -0.25) is 9.59 Å². The molecule has 0 bridgehead atoms. The molecule has 0 heterocycles. The van der Waals surface area contributed by atoms with E-state index in [9.17, 15) is 9.59 Å². The molecule has 2 amide bonds. The molecule has 0 aliphatic heterocycles. The smallest absolute Gasteiger partial charge is 0.251 e. The molecule has 6 heteroatoms. The van der Waals surface area contributed by atoms with Gasteiger partial charge in [-0.1, -0.05) is 45.7 Å². The fourth-order valence-electron chi connectivity index (χ4n) is 1.95. The Hall–Kier alpha value is -1.85. The molecule has 0 aliphatic rings. The van der Waals surface area contributed by atoms with Gasteiger partial charge in [-0.15, -0.1) is 0 Å². The van der Waals surface area contributed by atoms with Crippen LogP contribution in [-0.4, -0.2) is 24.9 Å². The van der Waals surface area contributed by atoms with Gasteiger partial charge in [0.15, 0.2) is 0 Å². The van der Waals surface area contributed by atoms with Crippen LogP contribution in [-0.2, 0) is 11.2 Å². The number of carbonyl (C=O) groups excluding carboxylic acids is 2. The molecular formula is C17H16BrClN2O2. The first-order chi connectivity index (χ1) is 11.0. The van der Waals surface area contributed by atoms with Crippen LogP contribution in [0.4, 0.5) is 0 Å². The average molecular weight is 396 g/mol. The second-order valence-electron chi connectivity index (χ2n) is 4.92. The summed E-state index contributed by atoms with van der Waals surface area (Å²) in [5.74, 6) is -0.499. The summed E-state index contributed by atoms with van der Waals surface area (Å²) < 4.78 is 0.817. The van der Waals surface area contributed by atoms with Crippen LogP contribution in [0.15, 0.2) is 53.0 Å². The Kier molecular flexibility index (Phi) is 6.62. The molecule has 0 spiro atoms. The molecule has 23 heavy (non-hydrogen) atoms. The first-order valence-electron chi connectivity index (χ1n) is 7.09. The summed E-state index contributed by atoms with van der Waals surface area (Å²) >= 11 is 9.12. The number of carbonyl (C=O) groups is 2. The molecule has 0 unspecified atom stereocenters. The topological polar surface area (TPSA) is 58.2 Å². The quantitative estimate of drug-likeness (QED) is 0.789. The Morgan fingerprint density at radius 3 is 2.48 bits per heavy atom. The first-order valence-corrected chi connectivity index (χ1v) is 8.26. The Morgan fingerprint density at radius 2 is 1.78 bits per heavy atom. The molecular weight excluding hydrogens is 380 g/mol. The minimum Gasteiger partial charge on any atom is -0.354 e. The van der Waals surface area contributed by atoms with Crippen molar-refractivity contribution in [3.05, 3.63) is 69.2 Å². The van der Waals surface area contributed by atoms with E-state index in [1.54, 1.807) is 18.2 Å². The van der Waals surface area contributed by atoms with Crippen molar-refractivity contribution < 1.29 is 9.59 Å². The van der Waals surface area contributed by atoms with Crippen molar-refractivity contribution in [2.75, 3.05) is 13.1 Å². The fraction of sp³-hybridized carbons (Fsp3) is 0.176. The largest absolute Gasteiger partial charge is 0.354 e. The SMILES string of the molecule is O=C(CNC(=O)c1cccc(Br)c1)NCCc1ccc(Cl)cc1. The zero-order valence-corrected chi connectivity index (χ0v) is 14.7. The van der Waals surface area contributed by atoms with Gasteiger partial charge in [-0.2, -0.15) is 0 Å². The molecule has 0 aromatic heterocycles. The van der Waals surface area contributed by atoms with Gasteiger partial charge in [0, 0.05) is 21.6 Å². The zero-order chi connectivity index (χ0) is 16.7. The zero-order valence-electron chi connectivity index (χ0n) is 12.3. The first kappa shape index (κ1) is 17.5. The lowest BCUT2D eigenvalue weighted by Crippen LogP contribution is -2.37. The Morgan fingerprint density at radius 1 is 1.04 bits per heavy atom. The van der Waals surface area contributed by atoms with Crippen LogP contribution in [0, 0.1) is 0 Å². The molecule has 0 fully saturated rings. The lowest BCUT2D eigenvalue weighted by Gasteiger charge is -2.07. The normalized spacial score (nSPS) is 10.2. The summed E-state index contributed by atoms with van der Waals surface area (Å²) in [7, 11) is 0. The maximum atomic E-state index is 11.9. The third-order valence-electron chi connectivity index (χ3n) is 3.15. The number of benzene rings is 2. The van der Waals surface area contributed by atoms with Gasteiger partial charge in [0.2, 0.25) is 5.91 Å². The van der Waals surface area contributed by atoms with E-state index < -0.39 is 0 Å². The predicted molar refractivity (Wildman–Crippen MR) is 94.6 cm³/mol. The van der Waals surface area contributed by atoms with Crippen LogP contribution in [0.5, 0.6) is 0 Å². The molecule has 4 nitrogen and oxygen atoms in total. The Labute approximate surface area is 148 Å². The average Bonchev–Trinajstić information content (AvgIpc) is 2.54. The minimum absolute atomic E-state index is 0.0496. The van der Waals surface area contributed by atoms with Crippen LogP contribution >= 0.6 is 27.5 Å². The van der Waals surface area contributed by atoms with Crippen LogP contribution in [0.2, 0.25) is 5.02 Å². The van der Waals surface area contributed by atoms with Crippen molar-refractivity contribution in [2.24, 2.45) is 0 Å². The Bertz CT molecular complexity index is 689. The number of nitrogens with one attached hydrogen (secondary N) is 2. The number of hydrogen-bond donors (Lipinski definition) is 2. The van der Waals surface area contributed by atoms with E-state index in [2.05, 4.69) is 26.6 Å². The van der Waals surface area contributed by atoms with Gasteiger partial charge in [-0.05, 0) is 42.3 Å². The summed E-state index contributed by atoms with van der Waals surface area (Å²) in [6.07, 6.45) is 0.711. The van der Waals surface area contributed by atoms with E-state index in [1.807, 2.05) is 30.3 Å². The maximum absolute atomic E-state index is 11.9. The van der Waals surface area contributed by atoms with E-state index in [0.29, 0.717) is 23.6 Å². The van der Waals surface area contributed by atoms with E-state index >= 15 is 0 Å². The summed E-state index contributed by atoms with van der Waals surface area (Å²) in [6, 6.07) is 14.5. The van der Waals surface area contributed by atoms with Gasteiger partial charge < -0.3 is 10.6 Å². The minimum atomic E-state index is -0.279. The van der Waals surface area contributed by atoms with Crippen molar-refractivity contribution in [1.82, 2.24) is 10.6 Å². The Balaban J connectivity index is 1.70. The third-order valence-corrected chi connectivity index (χ3v) is 3.89. The van der Waals surface area contributed by atoms with E-state index in [-0.39, 0.29) is 18.4 Å². The molecule has 120 valence electrons.